The van der Waals surface area contributed by atoms with Gasteiger partial charge in [-0.2, -0.15) is 5.10 Å². The van der Waals surface area contributed by atoms with Crippen molar-refractivity contribution in [3.8, 4) is 11.8 Å². The molecule has 0 aliphatic carbocycles. The summed E-state index contributed by atoms with van der Waals surface area (Å²) >= 11 is 5.82. The summed E-state index contributed by atoms with van der Waals surface area (Å²) in [6, 6.07) is 15.0. The quantitative estimate of drug-likeness (QED) is 0.386. The van der Waals surface area contributed by atoms with Gasteiger partial charge in [0.2, 0.25) is 5.96 Å². The topological polar surface area (TPSA) is 76.8 Å². The highest BCUT2D eigenvalue weighted by Gasteiger charge is 1.90. The van der Waals surface area contributed by atoms with Gasteiger partial charge in [-0.3, -0.25) is 0 Å². The van der Waals surface area contributed by atoms with Crippen LogP contribution in [0.4, 0.5) is 0 Å². The molecule has 0 radical (unpaired) electrons. The second kappa shape index (κ2) is 7.13. The summed E-state index contributed by atoms with van der Waals surface area (Å²) in [5, 5.41) is 7.96. The third kappa shape index (κ3) is 5.01. The second-order valence-electron chi connectivity index (χ2n) is 4.15. The molecule has 21 heavy (non-hydrogen) atoms. The molecule has 0 amide bonds. The summed E-state index contributed by atoms with van der Waals surface area (Å²) in [7, 11) is 0. The van der Waals surface area contributed by atoms with Crippen LogP contribution in [0.15, 0.2) is 58.7 Å². The lowest BCUT2D eigenvalue weighted by atomic mass is 10.1. The molecule has 0 aliphatic heterocycles. The highest BCUT2D eigenvalue weighted by molar-refractivity contribution is 6.30. The largest absolute Gasteiger partial charge is 0.369 e. The molecule has 0 unspecified atom stereocenters. The second-order valence-corrected chi connectivity index (χ2v) is 4.58. The molecule has 0 bridgehead atoms. The minimum Gasteiger partial charge on any atom is -0.369 e. The van der Waals surface area contributed by atoms with Crippen molar-refractivity contribution < 1.29 is 0 Å². The van der Waals surface area contributed by atoms with E-state index in [0.29, 0.717) is 5.02 Å². The van der Waals surface area contributed by atoms with Gasteiger partial charge in [0.25, 0.3) is 0 Å². The molecule has 0 aliphatic rings. The minimum absolute atomic E-state index is 0.0725. The Labute approximate surface area is 128 Å². The molecule has 0 atom stereocenters. The van der Waals surface area contributed by atoms with Crippen LogP contribution in [0, 0.1) is 11.8 Å². The fourth-order valence-electron chi connectivity index (χ4n) is 1.49. The number of nitrogens with zero attached hydrogens (tertiary/aromatic N) is 2. The third-order valence-corrected chi connectivity index (χ3v) is 2.74. The molecular weight excluding hydrogens is 284 g/mol. The predicted octanol–water partition coefficient (Wildman–Crippen LogP) is 2.35. The van der Waals surface area contributed by atoms with Crippen molar-refractivity contribution in [3.05, 3.63) is 70.2 Å². The first-order valence-electron chi connectivity index (χ1n) is 6.13. The normalized spacial score (nSPS) is 9.95. The lowest BCUT2D eigenvalue weighted by molar-refractivity contribution is 1.21. The van der Waals surface area contributed by atoms with E-state index in [2.05, 4.69) is 22.0 Å². The molecule has 0 fully saturated rings. The van der Waals surface area contributed by atoms with E-state index in [1.807, 2.05) is 48.5 Å². The molecule has 2 rings (SSSR count). The van der Waals surface area contributed by atoms with E-state index in [1.54, 1.807) is 6.21 Å². The van der Waals surface area contributed by atoms with Crippen molar-refractivity contribution in [2.75, 3.05) is 0 Å². The molecule has 5 heteroatoms. The standard InChI is InChI=1S/C16H13ClN4/c17-15-9-7-13(8-10-15)2-1-12-3-5-14(6-4-12)11-20-21-16(18)19/h3-11H,(H4,18,19,21)/b20-11+. The monoisotopic (exact) mass is 296 g/mol. The molecule has 2 aromatic carbocycles. The van der Waals surface area contributed by atoms with Gasteiger partial charge < -0.3 is 11.5 Å². The van der Waals surface area contributed by atoms with Crippen LogP contribution in [0.2, 0.25) is 5.02 Å². The molecule has 4 nitrogen and oxygen atoms in total. The number of rotatable bonds is 2. The van der Waals surface area contributed by atoms with E-state index < -0.39 is 0 Å². The maximum Gasteiger partial charge on any atom is 0.211 e. The van der Waals surface area contributed by atoms with Crippen molar-refractivity contribution in [2.45, 2.75) is 0 Å². The zero-order valence-electron chi connectivity index (χ0n) is 11.1. The Morgan fingerprint density at radius 3 is 1.95 bits per heavy atom. The average Bonchev–Trinajstić information content (AvgIpc) is 2.48. The summed E-state index contributed by atoms with van der Waals surface area (Å²) in [5.74, 6) is 6.07. The van der Waals surface area contributed by atoms with E-state index in [1.165, 1.54) is 0 Å². The number of hydrogen-bond acceptors (Lipinski definition) is 2. The van der Waals surface area contributed by atoms with E-state index in [9.17, 15) is 0 Å². The zero-order valence-corrected chi connectivity index (χ0v) is 11.9. The maximum atomic E-state index is 5.82. The summed E-state index contributed by atoms with van der Waals surface area (Å²) in [5.41, 5.74) is 13.1. The van der Waals surface area contributed by atoms with Gasteiger partial charge in [-0.15, -0.1) is 5.10 Å². The van der Waals surface area contributed by atoms with Gasteiger partial charge in [0, 0.05) is 16.1 Å². The van der Waals surface area contributed by atoms with Crippen LogP contribution in [-0.2, 0) is 0 Å². The van der Waals surface area contributed by atoms with Gasteiger partial charge in [0.1, 0.15) is 0 Å². The van der Waals surface area contributed by atoms with Gasteiger partial charge in [0.15, 0.2) is 0 Å². The Bertz CT molecular complexity index is 716. The van der Waals surface area contributed by atoms with Crippen molar-refractivity contribution in [3.63, 3.8) is 0 Å². The summed E-state index contributed by atoms with van der Waals surface area (Å²) in [6.07, 6.45) is 1.57. The first kappa shape index (κ1) is 14.6. The van der Waals surface area contributed by atoms with Crippen LogP contribution in [0.1, 0.15) is 16.7 Å². The van der Waals surface area contributed by atoms with Gasteiger partial charge in [-0.1, -0.05) is 35.6 Å². The smallest absolute Gasteiger partial charge is 0.211 e. The number of benzene rings is 2. The number of nitrogens with two attached hydrogens (primary N) is 2. The average molecular weight is 297 g/mol. The lowest BCUT2D eigenvalue weighted by Gasteiger charge is -1.93. The highest BCUT2D eigenvalue weighted by atomic mass is 35.5. The summed E-state index contributed by atoms with van der Waals surface area (Å²) in [4.78, 5) is 0. The van der Waals surface area contributed by atoms with Crippen molar-refractivity contribution in [1.29, 1.82) is 0 Å². The molecule has 4 N–H and O–H groups in total. The predicted molar refractivity (Wildman–Crippen MR) is 87.3 cm³/mol. The third-order valence-electron chi connectivity index (χ3n) is 2.49. The first-order chi connectivity index (χ1) is 10.1. The van der Waals surface area contributed by atoms with Gasteiger partial charge in [-0.05, 0) is 42.0 Å². The van der Waals surface area contributed by atoms with Gasteiger partial charge in [0.05, 0.1) is 6.21 Å². The molecular formula is C16H13ClN4. The molecule has 0 saturated carbocycles. The van der Waals surface area contributed by atoms with Crippen LogP contribution >= 0.6 is 11.6 Å². The Hall–Kier alpha value is -2.77. The van der Waals surface area contributed by atoms with Gasteiger partial charge >= 0.3 is 0 Å². The van der Waals surface area contributed by atoms with E-state index in [-0.39, 0.29) is 5.96 Å². The minimum atomic E-state index is -0.0725. The summed E-state index contributed by atoms with van der Waals surface area (Å²) in [6.45, 7) is 0. The Balaban J connectivity index is 2.08. The van der Waals surface area contributed by atoms with Crippen molar-refractivity contribution >= 4 is 23.8 Å². The van der Waals surface area contributed by atoms with Crippen LogP contribution in [0.5, 0.6) is 0 Å². The van der Waals surface area contributed by atoms with Crippen LogP contribution in [0.25, 0.3) is 0 Å². The molecule has 0 saturated heterocycles. The fraction of sp³-hybridized carbons (Fsp3) is 0. The first-order valence-corrected chi connectivity index (χ1v) is 6.51. The zero-order chi connectivity index (χ0) is 15.1. The molecule has 104 valence electrons. The van der Waals surface area contributed by atoms with Crippen LogP contribution in [0.3, 0.4) is 0 Å². The maximum absolute atomic E-state index is 5.82. The molecule has 0 heterocycles. The Kier molecular flexibility index (Phi) is 4.97. The highest BCUT2D eigenvalue weighted by Crippen LogP contribution is 2.08. The molecule has 2 aromatic rings. The van der Waals surface area contributed by atoms with E-state index >= 15 is 0 Å². The van der Waals surface area contributed by atoms with Crippen molar-refractivity contribution in [2.24, 2.45) is 21.7 Å². The Morgan fingerprint density at radius 1 is 0.905 bits per heavy atom. The SMILES string of the molecule is NC(N)=N/N=C/c1ccc(C#Cc2ccc(Cl)cc2)cc1. The van der Waals surface area contributed by atoms with Crippen LogP contribution < -0.4 is 11.5 Å². The fourth-order valence-corrected chi connectivity index (χ4v) is 1.62. The molecule has 0 spiro atoms. The summed E-state index contributed by atoms with van der Waals surface area (Å²) < 4.78 is 0. The van der Waals surface area contributed by atoms with Crippen molar-refractivity contribution in [1.82, 2.24) is 0 Å². The van der Waals surface area contributed by atoms with E-state index in [0.717, 1.165) is 16.7 Å². The van der Waals surface area contributed by atoms with E-state index in [4.69, 9.17) is 23.1 Å². The number of halogens is 1. The lowest BCUT2D eigenvalue weighted by Crippen LogP contribution is -2.21. The molecule has 0 aromatic heterocycles. The van der Waals surface area contributed by atoms with Crippen LogP contribution in [-0.4, -0.2) is 12.2 Å². The Morgan fingerprint density at radius 2 is 1.43 bits per heavy atom. The number of guanidine groups is 1. The number of hydrogen-bond donors (Lipinski definition) is 2. The van der Waals surface area contributed by atoms with Gasteiger partial charge in [-0.25, -0.2) is 0 Å².